The molecule has 0 amide bonds. The number of aromatic nitrogens is 3. The number of nitrogens with zero attached hydrogens (tertiary/aromatic N) is 3. The Balaban J connectivity index is 2.73. The van der Waals surface area contributed by atoms with E-state index < -0.39 is 0 Å². The summed E-state index contributed by atoms with van der Waals surface area (Å²) in [6.45, 7) is 9.98. The molecular formula is C14H19N3O. The van der Waals surface area contributed by atoms with Gasteiger partial charge in [-0.3, -0.25) is 0 Å². The smallest absolute Gasteiger partial charge is 0.159 e. The van der Waals surface area contributed by atoms with Gasteiger partial charge in [0.25, 0.3) is 0 Å². The molecule has 0 atom stereocenters. The van der Waals surface area contributed by atoms with Gasteiger partial charge in [0, 0.05) is 17.0 Å². The van der Waals surface area contributed by atoms with Crippen LogP contribution in [-0.2, 0) is 6.61 Å². The molecule has 0 spiro atoms. The Labute approximate surface area is 107 Å². The third kappa shape index (κ3) is 1.93. The number of hydrogen-bond acceptors (Lipinski definition) is 3. The molecule has 2 heterocycles. The Kier molecular flexibility index (Phi) is 3.22. The van der Waals surface area contributed by atoms with Crippen molar-refractivity contribution in [2.24, 2.45) is 0 Å². The van der Waals surface area contributed by atoms with E-state index in [1.54, 1.807) is 0 Å². The SMILES string of the molecule is Cc1cc(C)c(CO)c(-n2nc(C)c(C)c2C)n1. The van der Waals surface area contributed by atoms with Crippen molar-refractivity contribution in [2.45, 2.75) is 41.2 Å². The molecule has 18 heavy (non-hydrogen) atoms. The largest absolute Gasteiger partial charge is 0.392 e. The predicted octanol–water partition coefficient (Wildman–Crippen LogP) is 2.30. The van der Waals surface area contributed by atoms with Gasteiger partial charge in [-0.1, -0.05) is 0 Å². The van der Waals surface area contributed by atoms with E-state index in [2.05, 4.69) is 17.0 Å². The van der Waals surface area contributed by atoms with Crippen molar-refractivity contribution in [3.63, 3.8) is 0 Å². The van der Waals surface area contributed by atoms with Crippen molar-refractivity contribution in [1.82, 2.24) is 14.8 Å². The lowest BCUT2D eigenvalue weighted by molar-refractivity contribution is 0.280. The summed E-state index contributed by atoms with van der Waals surface area (Å²) >= 11 is 0. The molecule has 0 unspecified atom stereocenters. The number of rotatable bonds is 2. The molecule has 4 nitrogen and oxygen atoms in total. The Morgan fingerprint density at radius 1 is 1.17 bits per heavy atom. The maximum absolute atomic E-state index is 9.54. The second-order valence-electron chi connectivity index (χ2n) is 4.75. The molecule has 0 saturated carbocycles. The van der Waals surface area contributed by atoms with E-state index in [1.165, 1.54) is 5.56 Å². The van der Waals surface area contributed by atoms with Crippen molar-refractivity contribution in [1.29, 1.82) is 0 Å². The van der Waals surface area contributed by atoms with Crippen LogP contribution in [0.4, 0.5) is 0 Å². The normalized spacial score (nSPS) is 11.0. The van der Waals surface area contributed by atoms with Crippen LogP contribution < -0.4 is 0 Å². The standard InChI is InChI=1S/C14H19N3O/c1-8-6-9(2)15-14(13(8)7-18)17-12(5)10(3)11(4)16-17/h6,18H,7H2,1-5H3. The van der Waals surface area contributed by atoms with Crippen LogP contribution in [-0.4, -0.2) is 19.9 Å². The van der Waals surface area contributed by atoms with E-state index in [4.69, 9.17) is 0 Å². The minimum atomic E-state index is -0.0220. The lowest BCUT2D eigenvalue weighted by Crippen LogP contribution is -2.09. The van der Waals surface area contributed by atoms with Gasteiger partial charge in [0.2, 0.25) is 0 Å². The molecule has 0 aliphatic carbocycles. The third-order valence-electron chi connectivity index (χ3n) is 3.47. The van der Waals surface area contributed by atoms with Crippen molar-refractivity contribution >= 4 is 0 Å². The van der Waals surface area contributed by atoms with E-state index in [1.807, 2.05) is 38.4 Å². The zero-order chi connectivity index (χ0) is 13.4. The fraction of sp³-hybridized carbons (Fsp3) is 0.429. The minimum Gasteiger partial charge on any atom is -0.392 e. The molecule has 0 fully saturated rings. The first kappa shape index (κ1) is 12.8. The zero-order valence-electron chi connectivity index (χ0n) is 11.6. The first-order valence-electron chi connectivity index (χ1n) is 6.07. The van der Waals surface area contributed by atoms with Gasteiger partial charge in [-0.05, 0) is 51.8 Å². The highest BCUT2D eigenvalue weighted by Crippen LogP contribution is 2.21. The third-order valence-corrected chi connectivity index (χ3v) is 3.47. The molecular weight excluding hydrogens is 226 g/mol. The summed E-state index contributed by atoms with van der Waals surface area (Å²) in [5, 5.41) is 14.1. The molecule has 2 aromatic heterocycles. The van der Waals surface area contributed by atoms with E-state index in [0.717, 1.165) is 34.0 Å². The quantitative estimate of drug-likeness (QED) is 0.883. The highest BCUT2D eigenvalue weighted by Gasteiger charge is 2.15. The Morgan fingerprint density at radius 2 is 1.83 bits per heavy atom. The molecule has 4 heteroatoms. The van der Waals surface area contributed by atoms with Gasteiger partial charge in [0.05, 0.1) is 12.3 Å². The van der Waals surface area contributed by atoms with E-state index in [-0.39, 0.29) is 6.61 Å². The highest BCUT2D eigenvalue weighted by atomic mass is 16.3. The summed E-state index contributed by atoms with van der Waals surface area (Å²) in [5.41, 5.74) is 6.05. The van der Waals surface area contributed by atoms with Crippen LogP contribution in [0.3, 0.4) is 0 Å². The summed E-state index contributed by atoms with van der Waals surface area (Å²) in [5.74, 6) is 0.740. The van der Waals surface area contributed by atoms with Gasteiger partial charge >= 0.3 is 0 Å². The average molecular weight is 245 g/mol. The Bertz CT molecular complexity index is 600. The Morgan fingerprint density at radius 3 is 2.33 bits per heavy atom. The van der Waals surface area contributed by atoms with Crippen molar-refractivity contribution < 1.29 is 5.11 Å². The molecule has 1 N–H and O–H groups in total. The van der Waals surface area contributed by atoms with Gasteiger partial charge in [0.1, 0.15) is 0 Å². The van der Waals surface area contributed by atoms with Gasteiger partial charge in [0.15, 0.2) is 5.82 Å². The van der Waals surface area contributed by atoms with Crippen molar-refractivity contribution in [3.8, 4) is 5.82 Å². The predicted molar refractivity (Wildman–Crippen MR) is 71.0 cm³/mol. The number of aryl methyl sites for hydroxylation is 3. The van der Waals surface area contributed by atoms with Crippen LogP contribution in [0, 0.1) is 34.6 Å². The van der Waals surface area contributed by atoms with Crippen LogP contribution in [0.15, 0.2) is 6.07 Å². The van der Waals surface area contributed by atoms with Gasteiger partial charge in [-0.25, -0.2) is 9.67 Å². The van der Waals surface area contributed by atoms with Crippen LogP contribution in [0.2, 0.25) is 0 Å². The molecule has 96 valence electrons. The van der Waals surface area contributed by atoms with Crippen LogP contribution >= 0.6 is 0 Å². The number of aliphatic hydroxyl groups excluding tert-OH is 1. The second-order valence-corrected chi connectivity index (χ2v) is 4.75. The Hall–Kier alpha value is -1.68. The van der Waals surface area contributed by atoms with E-state index in [0.29, 0.717) is 0 Å². The molecule has 0 aromatic carbocycles. The van der Waals surface area contributed by atoms with Crippen LogP contribution in [0.25, 0.3) is 5.82 Å². The topological polar surface area (TPSA) is 50.9 Å². The van der Waals surface area contributed by atoms with E-state index >= 15 is 0 Å². The van der Waals surface area contributed by atoms with Crippen molar-refractivity contribution in [2.75, 3.05) is 0 Å². The summed E-state index contributed by atoms with van der Waals surface area (Å²) in [6.07, 6.45) is 0. The highest BCUT2D eigenvalue weighted by molar-refractivity contribution is 5.42. The van der Waals surface area contributed by atoms with Gasteiger partial charge in [-0.15, -0.1) is 0 Å². The lowest BCUT2D eigenvalue weighted by atomic mass is 10.1. The van der Waals surface area contributed by atoms with Gasteiger partial charge in [-0.2, -0.15) is 5.10 Å². The molecule has 0 aliphatic rings. The minimum absolute atomic E-state index is 0.0220. The maximum Gasteiger partial charge on any atom is 0.159 e. The molecule has 0 saturated heterocycles. The first-order chi connectivity index (χ1) is 8.45. The fourth-order valence-electron chi connectivity index (χ4n) is 2.14. The number of aliphatic hydroxyl groups is 1. The molecule has 2 aromatic rings. The molecule has 2 rings (SSSR count). The monoisotopic (exact) mass is 245 g/mol. The summed E-state index contributed by atoms with van der Waals surface area (Å²) in [4.78, 5) is 4.53. The summed E-state index contributed by atoms with van der Waals surface area (Å²) < 4.78 is 1.83. The second kappa shape index (κ2) is 4.53. The fourth-order valence-corrected chi connectivity index (χ4v) is 2.14. The van der Waals surface area contributed by atoms with Crippen LogP contribution in [0.5, 0.6) is 0 Å². The van der Waals surface area contributed by atoms with Crippen molar-refractivity contribution in [3.05, 3.63) is 39.8 Å². The lowest BCUT2D eigenvalue weighted by Gasteiger charge is -2.12. The summed E-state index contributed by atoms with van der Waals surface area (Å²) in [7, 11) is 0. The van der Waals surface area contributed by atoms with Crippen LogP contribution in [0.1, 0.15) is 33.8 Å². The molecule has 0 radical (unpaired) electrons. The molecule has 0 aliphatic heterocycles. The summed E-state index contributed by atoms with van der Waals surface area (Å²) in [6, 6.07) is 1.98. The first-order valence-corrected chi connectivity index (χ1v) is 6.07. The maximum atomic E-state index is 9.54. The zero-order valence-corrected chi connectivity index (χ0v) is 11.6. The van der Waals surface area contributed by atoms with Gasteiger partial charge < -0.3 is 5.11 Å². The number of pyridine rings is 1. The molecule has 0 bridgehead atoms. The number of hydrogen-bond donors (Lipinski definition) is 1. The van der Waals surface area contributed by atoms with E-state index in [9.17, 15) is 5.11 Å². The average Bonchev–Trinajstić information content (AvgIpc) is 2.56.